The van der Waals surface area contributed by atoms with Crippen LogP contribution in [0.5, 0.6) is 0 Å². The Morgan fingerprint density at radius 2 is 1.62 bits per heavy atom. The molecule has 1 aromatic heterocycles. The molecule has 0 fully saturated rings. The molecule has 0 radical (unpaired) electrons. The van der Waals surface area contributed by atoms with E-state index in [0.29, 0.717) is 0 Å². The third kappa shape index (κ3) is 4.03. The summed E-state index contributed by atoms with van der Waals surface area (Å²) in [7, 11) is 2.05. The van der Waals surface area contributed by atoms with E-state index >= 15 is 0 Å². The lowest BCUT2D eigenvalue weighted by molar-refractivity contribution is -0.384. The zero-order chi connectivity index (χ0) is 18.7. The van der Waals surface area contributed by atoms with Crippen LogP contribution in [-0.2, 0) is 7.05 Å². The van der Waals surface area contributed by atoms with Gasteiger partial charge in [-0.15, -0.1) is 0 Å². The molecule has 5 nitrogen and oxygen atoms in total. The average Bonchev–Trinajstić information content (AvgIpc) is 2.88. The van der Waals surface area contributed by atoms with E-state index < -0.39 is 4.92 Å². The lowest BCUT2D eigenvalue weighted by atomic mass is 10.2. The molecule has 0 amide bonds. The fraction of sp³-hybridized carbons (Fsp3) is 0.150. The van der Waals surface area contributed by atoms with E-state index in [0.717, 1.165) is 21.0 Å². The van der Waals surface area contributed by atoms with Gasteiger partial charge in [0.2, 0.25) is 0 Å². The van der Waals surface area contributed by atoms with Crippen molar-refractivity contribution < 1.29 is 4.92 Å². The summed E-state index contributed by atoms with van der Waals surface area (Å²) in [5.41, 5.74) is 4.51. The summed E-state index contributed by atoms with van der Waals surface area (Å²) in [5.74, 6) is 0. The van der Waals surface area contributed by atoms with E-state index in [1.807, 2.05) is 37.5 Å². The molecular formula is C20H19N3O2S. The van der Waals surface area contributed by atoms with E-state index in [1.165, 1.54) is 23.5 Å². The number of nitrogens with zero attached hydrogens (tertiary/aromatic N) is 3. The second-order valence-electron chi connectivity index (χ2n) is 5.99. The topological polar surface area (TPSA) is 60.4 Å². The fourth-order valence-electron chi connectivity index (χ4n) is 2.53. The highest BCUT2D eigenvalue weighted by molar-refractivity contribution is 7.99. The molecule has 0 bridgehead atoms. The summed E-state index contributed by atoms with van der Waals surface area (Å²) in [6.45, 7) is 4.16. The van der Waals surface area contributed by atoms with E-state index in [-0.39, 0.29) is 5.69 Å². The minimum Gasteiger partial charge on any atom is -0.352 e. The average molecular weight is 365 g/mol. The maximum absolute atomic E-state index is 10.7. The first-order valence-electron chi connectivity index (χ1n) is 8.13. The van der Waals surface area contributed by atoms with Gasteiger partial charge in [-0.3, -0.25) is 15.1 Å². The van der Waals surface area contributed by atoms with Crippen molar-refractivity contribution in [2.45, 2.75) is 23.6 Å². The SMILES string of the molecule is Cc1cc(C=Nc2ccc(Sc3ccc([N+](=O)[O-])cc3)cc2)c(C)n1C. The van der Waals surface area contributed by atoms with Crippen molar-refractivity contribution in [2.75, 3.05) is 0 Å². The summed E-state index contributed by atoms with van der Waals surface area (Å²) in [6.07, 6.45) is 1.89. The largest absolute Gasteiger partial charge is 0.352 e. The highest BCUT2D eigenvalue weighted by Crippen LogP contribution is 2.30. The monoisotopic (exact) mass is 365 g/mol. The molecule has 0 N–H and O–H groups in total. The van der Waals surface area contributed by atoms with Gasteiger partial charge in [0.05, 0.1) is 10.6 Å². The minimum atomic E-state index is -0.392. The fourth-order valence-corrected chi connectivity index (χ4v) is 3.35. The van der Waals surface area contributed by atoms with Crippen LogP contribution in [0.1, 0.15) is 17.0 Å². The quantitative estimate of drug-likeness (QED) is 0.343. The molecule has 0 aliphatic rings. The summed E-state index contributed by atoms with van der Waals surface area (Å²) < 4.78 is 2.14. The summed E-state index contributed by atoms with van der Waals surface area (Å²) in [4.78, 5) is 16.9. The highest BCUT2D eigenvalue weighted by Gasteiger charge is 2.05. The van der Waals surface area contributed by atoms with Crippen LogP contribution in [0.2, 0.25) is 0 Å². The molecule has 132 valence electrons. The standard InChI is InChI=1S/C20H19N3O2S/c1-14-12-16(15(2)22(14)3)13-21-17-4-8-19(9-5-17)26-20-10-6-18(7-11-20)23(24)25/h4-13H,1-3H3. The number of hydrogen-bond acceptors (Lipinski definition) is 4. The van der Waals surface area contributed by atoms with Crippen LogP contribution < -0.4 is 0 Å². The smallest absolute Gasteiger partial charge is 0.269 e. The molecule has 0 aliphatic heterocycles. The molecule has 3 rings (SSSR count). The Morgan fingerprint density at radius 1 is 1.04 bits per heavy atom. The molecule has 0 spiro atoms. The normalized spacial score (nSPS) is 11.2. The first kappa shape index (κ1) is 17.9. The number of aryl methyl sites for hydroxylation is 1. The Balaban J connectivity index is 1.69. The van der Waals surface area contributed by atoms with Crippen LogP contribution in [0.4, 0.5) is 11.4 Å². The van der Waals surface area contributed by atoms with Gasteiger partial charge in [0.25, 0.3) is 5.69 Å². The van der Waals surface area contributed by atoms with Gasteiger partial charge in [-0.1, -0.05) is 11.8 Å². The molecule has 2 aromatic carbocycles. The van der Waals surface area contributed by atoms with Gasteiger partial charge in [0.1, 0.15) is 0 Å². The van der Waals surface area contributed by atoms with Gasteiger partial charge >= 0.3 is 0 Å². The van der Waals surface area contributed by atoms with Gasteiger partial charge in [0.15, 0.2) is 0 Å². The molecule has 0 atom stereocenters. The molecular weight excluding hydrogens is 346 g/mol. The zero-order valence-electron chi connectivity index (χ0n) is 14.8. The van der Waals surface area contributed by atoms with Gasteiger partial charge in [-0.2, -0.15) is 0 Å². The lowest BCUT2D eigenvalue weighted by Crippen LogP contribution is -1.93. The predicted octanol–water partition coefficient (Wildman–Crippen LogP) is 5.45. The molecule has 26 heavy (non-hydrogen) atoms. The number of benzene rings is 2. The van der Waals surface area contributed by atoms with Gasteiger partial charge in [0, 0.05) is 52.1 Å². The molecule has 6 heteroatoms. The Bertz CT molecular complexity index is 958. The van der Waals surface area contributed by atoms with Crippen LogP contribution >= 0.6 is 11.8 Å². The van der Waals surface area contributed by atoms with Crippen molar-refractivity contribution in [1.82, 2.24) is 4.57 Å². The molecule has 3 aromatic rings. The Kier molecular flexibility index (Phi) is 5.23. The Morgan fingerprint density at radius 3 is 2.12 bits per heavy atom. The number of nitro groups is 1. The number of aromatic nitrogens is 1. The lowest BCUT2D eigenvalue weighted by Gasteiger charge is -2.02. The van der Waals surface area contributed by atoms with E-state index in [2.05, 4.69) is 29.5 Å². The third-order valence-corrected chi connectivity index (χ3v) is 5.30. The van der Waals surface area contributed by atoms with Gasteiger partial charge < -0.3 is 4.57 Å². The molecule has 0 unspecified atom stereocenters. The molecule has 0 saturated heterocycles. The van der Waals surface area contributed by atoms with Crippen LogP contribution in [0, 0.1) is 24.0 Å². The van der Waals surface area contributed by atoms with Gasteiger partial charge in [-0.05, 0) is 56.3 Å². The van der Waals surface area contributed by atoms with Crippen LogP contribution in [-0.4, -0.2) is 15.7 Å². The molecule has 0 aliphatic carbocycles. The van der Waals surface area contributed by atoms with E-state index in [9.17, 15) is 10.1 Å². The highest BCUT2D eigenvalue weighted by atomic mass is 32.2. The zero-order valence-corrected chi connectivity index (χ0v) is 15.7. The van der Waals surface area contributed by atoms with Crippen LogP contribution in [0.25, 0.3) is 0 Å². The first-order valence-corrected chi connectivity index (χ1v) is 8.95. The summed E-state index contributed by atoms with van der Waals surface area (Å²) >= 11 is 1.56. The van der Waals surface area contributed by atoms with Crippen molar-refractivity contribution in [3.05, 3.63) is 81.7 Å². The first-order chi connectivity index (χ1) is 12.4. The van der Waals surface area contributed by atoms with Crippen molar-refractivity contribution in [2.24, 2.45) is 12.0 Å². The second kappa shape index (κ2) is 7.58. The summed E-state index contributed by atoms with van der Waals surface area (Å²) in [5, 5.41) is 10.7. The molecule has 0 saturated carbocycles. The van der Waals surface area contributed by atoms with Crippen molar-refractivity contribution >= 4 is 29.4 Å². The minimum absolute atomic E-state index is 0.102. The van der Waals surface area contributed by atoms with Crippen molar-refractivity contribution in [1.29, 1.82) is 0 Å². The second-order valence-corrected chi connectivity index (χ2v) is 7.14. The van der Waals surface area contributed by atoms with E-state index in [1.54, 1.807) is 23.9 Å². The number of hydrogen-bond donors (Lipinski definition) is 0. The van der Waals surface area contributed by atoms with Crippen molar-refractivity contribution in [3.63, 3.8) is 0 Å². The Hall–Kier alpha value is -2.86. The predicted molar refractivity (Wildman–Crippen MR) is 106 cm³/mol. The maximum atomic E-state index is 10.7. The summed E-state index contributed by atoms with van der Waals surface area (Å²) in [6, 6.07) is 16.6. The van der Waals surface area contributed by atoms with Gasteiger partial charge in [-0.25, -0.2) is 0 Å². The number of rotatable bonds is 5. The number of nitro benzene ring substituents is 1. The Labute approximate surface area is 156 Å². The number of non-ortho nitro benzene ring substituents is 1. The molecule has 1 heterocycles. The van der Waals surface area contributed by atoms with Crippen LogP contribution in [0.15, 0.2) is 69.4 Å². The number of aliphatic imine (C=N–C) groups is 1. The van der Waals surface area contributed by atoms with Crippen LogP contribution in [0.3, 0.4) is 0 Å². The third-order valence-electron chi connectivity index (χ3n) is 4.29. The van der Waals surface area contributed by atoms with E-state index in [4.69, 9.17) is 0 Å². The van der Waals surface area contributed by atoms with Crippen molar-refractivity contribution in [3.8, 4) is 0 Å². The maximum Gasteiger partial charge on any atom is 0.269 e.